The molecule has 3 aromatic carbocycles. The number of fused-ring (bicyclic) bond motifs is 1. The van der Waals surface area contributed by atoms with Gasteiger partial charge in [0.25, 0.3) is 11.8 Å². The third-order valence-corrected chi connectivity index (χ3v) is 6.31. The van der Waals surface area contributed by atoms with Crippen molar-refractivity contribution in [1.82, 2.24) is 20.1 Å². The fourth-order valence-electron chi connectivity index (χ4n) is 4.18. The van der Waals surface area contributed by atoms with Crippen molar-refractivity contribution < 1.29 is 31.5 Å². The molecule has 1 atom stereocenters. The number of benzene rings is 3. The number of hydrogen-bond donors (Lipinski definition) is 3. The molecule has 0 radical (unpaired) electrons. The van der Waals surface area contributed by atoms with Crippen LogP contribution in [0.15, 0.2) is 54.9 Å². The Balaban J connectivity index is 1.62. The zero-order valence-corrected chi connectivity index (χ0v) is 20.5. The number of nitrogens with one attached hydrogen (secondary N) is 3. The molecule has 14 heteroatoms. The molecule has 0 spiro atoms. The van der Waals surface area contributed by atoms with Gasteiger partial charge in [0.15, 0.2) is 0 Å². The van der Waals surface area contributed by atoms with Crippen molar-refractivity contribution in [2.24, 2.45) is 7.05 Å². The van der Waals surface area contributed by atoms with E-state index in [-0.39, 0.29) is 45.1 Å². The second-order valence-corrected chi connectivity index (χ2v) is 9.04. The van der Waals surface area contributed by atoms with Crippen LogP contribution in [-0.4, -0.2) is 26.6 Å². The lowest BCUT2D eigenvalue weighted by molar-refractivity contribution is -0.137. The Bertz CT molecular complexity index is 1640. The Morgan fingerprint density at radius 3 is 2.54 bits per heavy atom. The van der Waals surface area contributed by atoms with E-state index in [9.17, 15) is 31.5 Å². The zero-order chi connectivity index (χ0) is 28.1. The summed E-state index contributed by atoms with van der Waals surface area (Å²) in [5.74, 6) is -3.30. The number of nitrogens with zero attached hydrogens (tertiary/aromatic N) is 3. The number of hydrogen-bond acceptors (Lipinski definition) is 5. The maximum absolute atomic E-state index is 14.1. The second kappa shape index (κ2) is 9.66. The van der Waals surface area contributed by atoms with E-state index in [1.54, 1.807) is 7.05 Å². The smallest absolute Gasteiger partial charge is 0.341 e. The van der Waals surface area contributed by atoms with Crippen LogP contribution < -0.4 is 16.0 Å². The number of amides is 2. The predicted octanol–water partition coefficient (Wildman–Crippen LogP) is 5.59. The first-order valence-corrected chi connectivity index (χ1v) is 11.5. The van der Waals surface area contributed by atoms with Gasteiger partial charge in [-0.2, -0.15) is 13.2 Å². The standard InChI is InChI=1S/C25H16ClF5N6O2/c1-37-10-32-36-24(37)33-15-8-17-20(21(35-23(17)39)16-7-13(27)2-3-18(16)26)19(9-15)34-22(38)11-4-12(25(29,30)31)6-14(28)5-11/h2-10,21H,1H3,(H,33,36)(H,34,38)(H,35,39). The highest BCUT2D eigenvalue weighted by Gasteiger charge is 2.36. The summed E-state index contributed by atoms with van der Waals surface area (Å²) >= 11 is 6.28. The average Bonchev–Trinajstić information content (AvgIpc) is 3.42. The van der Waals surface area contributed by atoms with Crippen molar-refractivity contribution in [3.05, 3.63) is 99.3 Å². The second-order valence-electron chi connectivity index (χ2n) is 8.63. The molecule has 1 aromatic heterocycles. The topological polar surface area (TPSA) is 101 Å². The third-order valence-electron chi connectivity index (χ3n) is 5.96. The van der Waals surface area contributed by atoms with E-state index in [0.717, 1.165) is 12.1 Å². The minimum absolute atomic E-state index is 0.0244. The van der Waals surface area contributed by atoms with Crippen LogP contribution in [0.2, 0.25) is 5.02 Å². The molecule has 0 fully saturated rings. The van der Waals surface area contributed by atoms with Gasteiger partial charge < -0.3 is 20.5 Å². The molecule has 3 N–H and O–H groups in total. The van der Waals surface area contributed by atoms with Gasteiger partial charge in [0, 0.05) is 45.7 Å². The minimum atomic E-state index is -4.89. The third kappa shape index (κ3) is 5.12. The monoisotopic (exact) mass is 562 g/mol. The van der Waals surface area contributed by atoms with Gasteiger partial charge in [-0.05, 0) is 48.5 Å². The molecule has 200 valence electrons. The summed E-state index contributed by atoms with van der Waals surface area (Å²) in [6, 6.07) is 6.79. The van der Waals surface area contributed by atoms with Crippen LogP contribution in [-0.2, 0) is 13.2 Å². The molecule has 4 aromatic rings. The van der Waals surface area contributed by atoms with E-state index >= 15 is 0 Å². The lowest BCUT2D eigenvalue weighted by Crippen LogP contribution is -2.21. The molecule has 2 amide bonds. The van der Waals surface area contributed by atoms with Crippen LogP contribution >= 0.6 is 11.6 Å². The Hall–Kier alpha value is -4.52. The quantitative estimate of drug-likeness (QED) is 0.275. The van der Waals surface area contributed by atoms with Crippen molar-refractivity contribution in [3.8, 4) is 0 Å². The van der Waals surface area contributed by atoms with Crippen LogP contribution in [0.3, 0.4) is 0 Å². The first-order valence-electron chi connectivity index (χ1n) is 11.1. The molecule has 1 aliphatic rings. The van der Waals surface area contributed by atoms with Gasteiger partial charge in [0.05, 0.1) is 11.6 Å². The lowest BCUT2D eigenvalue weighted by Gasteiger charge is -2.19. The zero-order valence-electron chi connectivity index (χ0n) is 19.7. The fraction of sp³-hybridized carbons (Fsp3) is 0.120. The normalized spacial score (nSPS) is 14.6. The number of anilines is 3. The number of halogens is 6. The van der Waals surface area contributed by atoms with E-state index in [1.807, 2.05) is 0 Å². The maximum Gasteiger partial charge on any atom is 0.416 e. The lowest BCUT2D eigenvalue weighted by atomic mass is 9.95. The van der Waals surface area contributed by atoms with Crippen LogP contribution in [0, 0.1) is 11.6 Å². The highest BCUT2D eigenvalue weighted by atomic mass is 35.5. The molecular formula is C25H16ClF5N6O2. The largest absolute Gasteiger partial charge is 0.416 e. The molecule has 5 rings (SSSR count). The van der Waals surface area contributed by atoms with Gasteiger partial charge >= 0.3 is 6.18 Å². The molecule has 0 saturated heterocycles. The summed E-state index contributed by atoms with van der Waals surface area (Å²) in [6.07, 6.45) is -3.48. The van der Waals surface area contributed by atoms with Gasteiger partial charge in [0.2, 0.25) is 5.95 Å². The number of carbonyl (C=O) groups is 2. The van der Waals surface area contributed by atoms with Crippen LogP contribution in [0.25, 0.3) is 0 Å². The molecule has 0 saturated carbocycles. The summed E-state index contributed by atoms with van der Waals surface area (Å²) in [6.45, 7) is 0. The van der Waals surface area contributed by atoms with E-state index in [0.29, 0.717) is 12.1 Å². The Morgan fingerprint density at radius 2 is 1.85 bits per heavy atom. The van der Waals surface area contributed by atoms with Crippen molar-refractivity contribution >= 4 is 40.7 Å². The van der Waals surface area contributed by atoms with Crippen LogP contribution in [0.5, 0.6) is 0 Å². The Labute approximate surface area is 221 Å². The molecule has 0 bridgehead atoms. The number of carbonyl (C=O) groups excluding carboxylic acids is 2. The van der Waals surface area contributed by atoms with Gasteiger partial charge in [-0.3, -0.25) is 9.59 Å². The van der Waals surface area contributed by atoms with E-state index in [4.69, 9.17) is 11.6 Å². The fourth-order valence-corrected chi connectivity index (χ4v) is 4.41. The van der Waals surface area contributed by atoms with Crippen molar-refractivity contribution in [3.63, 3.8) is 0 Å². The molecule has 2 heterocycles. The van der Waals surface area contributed by atoms with Gasteiger partial charge in [0.1, 0.15) is 18.0 Å². The number of aromatic nitrogens is 3. The van der Waals surface area contributed by atoms with Crippen LogP contribution in [0.4, 0.5) is 39.3 Å². The van der Waals surface area contributed by atoms with E-state index in [1.165, 1.54) is 29.1 Å². The first kappa shape index (κ1) is 26.1. The Kier molecular flexibility index (Phi) is 6.46. The first-order chi connectivity index (χ1) is 18.4. The molecule has 1 aliphatic heterocycles. The van der Waals surface area contributed by atoms with Crippen molar-refractivity contribution in [2.75, 3.05) is 10.6 Å². The minimum Gasteiger partial charge on any atom is -0.341 e. The van der Waals surface area contributed by atoms with E-state index < -0.39 is 46.8 Å². The highest BCUT2D eigenvalue weighted by Crippen LogP contribution is 2.41. The number of rotatable bonds is 5. The molecule has 1 unspecified atom stereocenters. The molecule has 8 nitrogen and oxygen atoms in total. The molecule has 0 aliphatic carbocycles. The SMILES string of the molecule is Cn1cnnc1Nc1cc(NC(=O)c2cc(F)cc(C(F)(F)F)c2)c2c(c1)C(=O)NC2c1cc(F)ccc1Cl. The predicted molar refractivity (Wildman–Crippen MR) is 131 cm³/mol. The average molecular weight is 563 g/mol. The summed E-state index contributed by atoms with van der Waals surface area (Å²) in [5, 5.41) is 15.8. The van der Waals surface area contributed by atoms with Gasteiger partial charge in [-0.15, -0.1) is 10.2 Å². The van der Waals surface area contributed by atoms with Crippen molar-refractivity contribution in [2.45, 2.75) is 12.2 Å². The summed E-state index contributed by atoms with van der Waals surface area (Å²) in [4.78, 5) is 26.1. The number of alkyl halides is 3. The highest BCUT2D eigenvalue weighted by molar-refractivity contribution is 6.31. The van der Waals surface area contributed by atoms with Gasteiger partial charge in [-0.25, -0.2) is 8.78 Å². The van der Waals surface area contributed by atoms with Gasteiger partial charge in [-0.1, -0.05) is 11.6 Å². The molecule has 39 heavy (non-hydrogen) atoms. The summed E-state index contributed by atoms with van der Waals surface area (Å²) < 4.78 is 69.3. The summed E-state index contributed by atoms with van der Waals surface area (Å²) in [7, 11) is 1.65. The van der Waals surface area contributed by atoms with E-state index in [2.05, 4.69) is 26.1 Å². The number of aryl methyl sites for hydroxylation is 1. The summed E-state index contributed by atoms with van der Waals surface area (Å²) in [5.41, 5.74) is -1.30. The van der Waals surface area contributed by atoms with Crippen molar-refractivity contribution in [1.29, 1.82) is 0 Å². The maximum atomic E-state index is 14.1. The Morgan fingerprint density at radius 1 is 1.08 bits per heavy atom. The molecular weight excluding hydrogens is 547 g/mol. The van der Waals surface area contributed by atoms with Crippen LogP contribution in [0.1, 0.15) is 43.4 Å².